The predicted molar refractivity (Wildman–Crippen MR) is 75.9 cm³/mol. The highest BCUT2D eigenvalue weighted by Crippen LogP contribution is 2.26. The highest BCUT2D eigenvalue weighted by atomic mass is 35.5. The number of benzene rings is 1. The molecule has 0 saturated heterocycles. The molecule has 0 heterocycles. The Hall–Kier alpha value is -0.580. The van der Waals surface area contributed by atoms with Crippen LogP contribution in [0.3, 0.4) is 0 Å². The summed E-state index contributed by atoms with van der Waals surface area (Å²) >= 11 is 5.96. The van der Waals surface area contributed by atoms with Gasteiger partial charge in [0.05, 0.1) is 15.2 Å². The Morgan fingerprint density at radius 3 is 2.44 bits per heavy atom. The molecule has 1 aromatic rings. The first-order valence-electron chi connectivity index (χ1n) is 6.11. The molecule has 0 radical (unpaired) electrons. The second kappa shape index (κ2) is 6.55. The van der Waals surface area contributed by atoms with Crippen molar-refractivity contribution in [2.24, 2.45) is 0 Å². The van der Waals surface area contributed by atoms with E-state index in [1.165, 1.54) is 0 Å². The van der Waals surface area contributed by atoms with Gasteiger partial charge in [-0.15, -0.1) is 0 Å². The van der Waals surface area contributed by atoms with Crippen LogP contribution in [0.15, 0.2) is 29.2 Å². The lowest BCUT2D eigenvalue weighted by molar-refractivity contribution is 0.509. The number of hydrogen-bond donors (Lipinski definition) is 1. The maximum atomic E-state index is 12.4. The van der Waals surface area contributed by atoms with Crippen LogP contribution in [-0.2, 0) is 9.84 Å². The highest BCUT2D eigenvalue weighted by molar-refractivity contribution is 7.92. The number of nitrogens with one attached hydrogen (secondary N) is 1. The van der Waals surface area contributed by atoms with Crippen LogP contribution in [0.4, 0.5) is 0 Å². The summed E-state index contributed by atoms with van der Waals surface area (Å²) in [7, 11) is -3.35. The first-order valence-corrected chi connectivity index (χ1v) is 8.03. The molecule has 0 aliphatic carbocycles. The molecule has 0 aliphatic heterocycles. The average molecular weight is 290 g/mol. The molecule has 2 unspecified atom stereocenters. The third-order valence-electron chi connectivity index (χ3n) is 2.91. The summed E-state index contributed by atoms with van der Waals surface area (Å²) in [5, 5.41) is 3.06. The van der Waals surface area contributed by atoms with Gasteiger partial charge >= 0.3 is 0 Å². The molecule has 0 fully saturated rings. The number of sulfone groups is 1. The highest BCUT2D eigenvalue weighted by Gasteiger charge is 2.26. The minimum absolute atomic E-state index is 0.169. The van der Waals surface area contributed by atoms with Crippen LogP contribution in [0.2, 0.25) is 5.02 Å². The fraction of sp³-hybridized carbons (Fsp3) is 0.538. The molecule has 2 atom stereocenters. The summed E-state index contributed by atoms with van der Waals surface area (Å²) in [4.78, 5) is 0.225. The normalized spacial score (nSPS) is 15.3. The Morgan fingerprint density at radius 2 is 1.89 bits per heavy atom. The maximum absolute atomic E-state index is 12.4. The molecule has 0 saturated carbocycles. The summed E-state index contributed by atoms with van der Waals surface area (Å²) in [5.41, 5.74) is 0. The Kier molecular flexibility index (Phi) is 5.63. The average Bonchev–Trinajstić information content (AvgIpc) is 2.29. The molecule has 18 heavy (non-hydrogen) atoms. The first-order chi connectivity index (χ1) is 8.39. The van der Waals surface area contributed by atoms with Gasteiger partial charge in [-0.1, -0.05) is 30.7 Å². The van der Waals surface area contributed by atoms with Gasteiger partial charge in [0.1, 0.15) is 0 Å². The Morgan fingerprint density at radius 1 is 1.28 bits per heavy atom. The van der Waals surface area contributed by atoms with Gasteiger partial charge < -0.3 is 5.32 Å². The quantitative estimate of drug-likeness (QED) is 0.876. The van der Waals surface area contributed by atoms with Gasteiger partial charge in [0.25, 0.3) is 0 Å². The molecule has 0 spiro atoms. The van der Waals surface area contributed by atoms with Gasteiger partial charge in [-0.3, -0.25) is 0 Å². The maximum Gasteiger partial charge on any atom is 0.182 e. The van der Waals surface area contributed by atoms with Gasteiger partial charge in [-0.05, 0) is 38.9 Å². The molecular formula is C13H20ClNO2S. The van der Waals surface area contributed by atoms with E-state index < -0.39 is 15.1 Å². The third kappa shape index (κ3) is 3.70. The number of halogens is 1. The zero-order chi connectivity index (χ0) is 13.8. The van der Waals surface area contributed by atoms with E-state index in [2.05, 4.69) is 5.32 Å². The van der Waals surface area contributed by atoms with Crippen LogP contribution in [0.25, 0.3) is 0 Å². The predicted octanol–water partition coefficient (Wildman–Crippen LogP) is 2.89. The van der Waals surface area contributed by atoms with E-state index in [1.54, 1.807) is 31.2 Å². The smallest absolute Gasteiger partial charge is 0.182 e. The van der Waals surface area contributed by atoms with Gasteiger partial charge in [-0.25, -0.2) is 8.42 Å². The minimum Gasteiger partial charge on any atom is -0.314 e. The molecule has 1 rings (SSSR count). The van der Waals surface area contributed by atoms with Gasteiger partial charge in [0.2, 0.25) is 0 Å². The van der Waals surface area contributed by atoms with Crippen molar-refractivity contribution in [2.75, 3.05) is 6.54 Å². The van der Waals surface area contributed by atoms with E-state index >= 15 is 0 Å². The standard InChI is InChI=1S/C13H20ClNO2S/c1-4-15-10(2)9-11(3)18(16,17)13-8-6-5-7-12(13)14/h5-8,10-11,15H,4,9H2,1-3H3. The molecule has 5 heteroatoms. The fourth-order valence-electron chi connectivity index (χ4n) is 1.95. The molecule has 0 aromatic heterocycles. The van der Waals surface area contributed by atoms with Crippen LogP contribution < -0.4 is 5.32 Å². The molecule has 1 aromatic carbocycles. The van der Waals surface area contributed by atoms with Gasteiger partial charge in [0.15, 0.2) is 9.84 Å². The summed E-state index contributed by atoms with van der Waals surface area (Å²) in [5.74, 6) is 0. The van der Waals surface area contributed by atoms with E-state index in [4.69, 9.17) is 11.6 Å². The SMILES string of the molecule is CCNC(C)CC(C)S(=O)(=O)c1ccccc1Cl. The summed E-state index contributed by atoms with van der Waals surface area (Å²) in [6.07, 6.45) is 0.571. The monoisotopic (exact) mass is 289 g/mol. The first kappa shape index (κ1) is 15.5. The van der Waals surface area contributed by atoms with Crippen LogP contribution in [0.5, 0.6) is 0 Å². The summed E-state index contributed by atoms with van der Waals surface area (Å²) in [6.45, 7) is 6.55. The van der Waals surface area contributed by atoms with Crippen molar-refractivity contribution in [1.82, 2.24) is 5.32 Å². The summed E-state index contributed by atoms with van der Waals surface area (Å²) in [6, 6.07) is 6.76. The lowest BCUT2D eigenvalue weighted by atomic mass is 10.2. The molecular weight excluding hydrogens is 270 g/mol. The van der Waals surface area contributed by atoms with E-state index in [9.17, 15) is 8.42 Å². The van der Waals surface area contributed by atoms with Crippen molar-refractivity contribution in [2.45, 2.75) is 43.4 Å². The summed E-state index contributed by atoms with van der Waals surface area (Å²) < 4.78 is 24.8. The number of rotatable bonds is 6. The van der Waals surface area contributed by atoms with E-state index in [0.717, 1.165) is 6.54 Å². The lowest BCUT2D eigenvalue weighted by Crippen LogP contribution is -2.32. The van der Waals surface area contributed by atoms with Crippen molar-refractivity contribution in [1.29, 1.82) is 0 Å². The Balaban J connectivity index is 2.90. The zero-order valence-electron chi connectivity index (χ0n) is 11.0. The fourth-order valence-corrected chi connectivity index (χ4v) is 3.99. The molecule has 1 N–H and O–H groups in total. The van der Waals surface area contributed by atoms with E-state index in [1.807, 2.05) is 13.8 Å². The van der Waals surface area contributed by atoms with Crippen molar-refractivity contribution in [3.05, 3.63) is 29.3 Å². The lowest BCUT2D eigenvalue weighted by Gasteiger charge is -2.19. The zero-order valence-corrected chi connectivity index (χ0v) is 12.6. The van der Waals surface area contributed by atoms with Crippen molar-refractivity contribution in [3.63, 3.8) is 0 Å². The van der Waals surface area contributed by atoms with Crippen molar-refractivity contribution >= 4 is 21.4 Å². The second-order valence-electron chi connectivity index (χ2n) is 4.48. The topological polar surface area (TPSA) is 46.2 Å². The molecule has 102 valence electrons. The number of hydrogen-bond acceptors (Lipinski definition) is 3. The van der Waals surface area contributed by atoms with Gasteiger partial charge in [-0.2, -0.15) is 0 Å². The molecule has 0 bridgehead atoms. The Labute approximate surface area is 114 Å². The minimum atomic E-state index is -3.35. The second-order valence-corrected chi connectivity index (χ2v) is 7.22. The van der Waals surface area contributed by atoms with Crippen molar-refractivity contribution in [3.8, 4) is 0 Å². The Bertz CT molecular complexity index is 488. The van der Waals surface area contributed by atoms with Crippen LogP contribution in [-0.4, -0.2) is 26.3 Å². The van der Waals surface area contributed by atoms with Crippen LogP contribution in [0, 0.1) is 0 Å². The van der Waals surface area contributed by atoms with E-state index in [0.29, 0.717) is 11.4 Å². The third-order valence-corrected chi connectivity index (χ3v) is 5.57. The van der Waals surface area contributed by atoms with Gasteiger partial charge in [0, 0.05) is 6.04 Å². The van der Waals surface area contributed by atoms with Crippen LogP contribution >= 0.6 is 11.6 Å². The molecule has 0 aliphatic rings. The largest absolute Gasteiger partial charge is 0.314 e. The van der Waals surface area contributed by atoms with E-state index in [-0.39, 0.29) is 10.9 Å². The van der Waals surface area contributed by atoms with Crippen molar-refractivity contribution < 1.29 is 8.42 Å². The molecule has 3 nitrogen and oxygen atoms in total. The molecule has 0 amide bonds. The van der Waals surface area contributed by atoms with Crippen LogP contribution in [0.1, 0.15) is 27.2 Å².